The van der Waals surface area contributed by atoms with Gasteiger partial charge in [-0.1, -0.05) is 37.3 Å². The summed E-state index contributed by atoms with van der Waals surface area (Å²) in [6, 6.07) is 5.19. The quantitative estimate of drug-likeness (QED) is 0.792. The monoisotopic (exact) mass is 306 g/mol. The van der Waals surface area contributed by atoms with Gasteiger partial charge in [-0.05, 0) is 49.3 Å². The molecule has 3 nitrogen and oxygen atoms in total. The van der Waals surface area contributed by atoms with E-state index in [0.29, 0.717) is 16.4 Å². The van der Waals surface area contributed by atoms with Gasteiger partial charge in [-0.15, -0.1) is 0 Å². The molecule has 2 saturated carbocycles. The second kappa shape index (κ2) is 6.27. The number of nitrogens with two attached hydrogens (primary N) is 1. The van der Waals surface area contributed by atoms with Crippen molar-refractivity contribution in [1.29, 1.82) is 0 Å². The third-order valence-corrected chi connectivity index (χ3v) is 5.42. The summed E-state index contributed by atoms with van der Waals surface area (Å²) in [7, 11) is 0. The van der Waals surface area contributed by atoms with Crippen LogP contribution < -0.4 is 11.1 Å². The fourth-order valence-corrected chi connectivity index (χ4v) is 4.16. The Kier molecular flexibility index (Phi) is 4.39. The molecule has 1 amide bonds. The molecule has 2 aliphatic carbocycles. The average Bonchev–Trinajstić information content (AvgIpc) is 2.50. The van der Waals surface area contributed by atoms with Gasteiger partial charge in [0, 0.05) is 10.9 Å². The third kappa shape index (κ3) is 3.34. The highest BCUT2D eigenvalue weighted by Gasteiger charge is 2.35. The van der Waals surface area contributed by atoms with Crippen LogP contribution >= 0.6 is 11.6 Å². The standard InChI is InChI=1S/C17H23ClN2O/c18-14-7-8-15(19)16(10-14)20-17(21)13-6-5-11-3-1-2-4-12(11)9-13/h7-8,10-13H,1-6,9,19H2,(H,20,21). The lowest BCUT2D eigenvalue weighted by Gasteiger charge is -2.38. The van der Waals surface area contributed by atoms with E-state index in [0.717, 1.165) is 24.7 Å². The molecule has 3 atom stereocenters. The van der Waals surface area contributed by atoms with Gasteiger partial charge in [0.05, 0.1) is 11.4 Å². The van der Waals surface area contributed by atoms with Crippen LogP contribution in [0.1, 0.15) is 44.9 Å². The van der Waals surface area contributed by atoms with Crippen molar-refractivity contribution in [3.63, 3.8) is 0 Å². The van der Waals surface area contributed by atoms with Crippen LogP contribution in [-0.4, -0.2) is 5.91 Å². The van der Waals surface area contributed by atoms with Gasteiger partial charge < -0.3 is 11.1 Å². The smallest absolute Gasteiger partial charge is 0.227 e. The normalized spacial score (nSPS) is 28.7. The van der Waals surface area contributed by atoms with Crippen LogP contribution in [0.2, 0.25) is 5.02 Å². The molecule has 4 heteroatoms. The highest BCUT2D eigenvalue weighted by atomic mass is 35.5. The Bertz CT molecular complexity index is 532. The fraction of sp³-hybridized carbons (Fsp3) is 0.588. The van der Waals surface area contributed by atoms with Crippen LogP contribution in [-0.2, 0) is 4.79 Å². The Balaban J connectivity index is 1.64. The van der Waals surface area contributed by atoms with Crippen molar-refractivity contribution >= 4 is 28.9 Å². The largest absolute Gasteiger partial charge is 0.397 e. The number of carbonyl (C=O) groups excluding carboxylic acids is 1. The maximum Gasteiger partial charge on any atom is 0.227 e. The van der Waals surface area contributed by atoms with Crippen molar-refractivity contribution in [2.24, 2.45) is 17.8 Å². The minimum absolute atomic E-state index is 0.105. The molecule has 0 saturated heterocycles. The zero-order chi connectivity index (χ0) is 14.8. The number of rotatable bonds is 2. The molecule has 21 heavy (non-hydrogen) atoms. The van der Waals surface area contributed by atoms with Crippen molar-refractivity contribution in [1.82, 2.24) is 0 Å². The van der Waals surface area contributed by atoms with Crippen LogP contribution in [0.4, 0.5) is 11.4 Å². The molecule has 1 aromatic carbocycles. The van der Waals surface area contributed by atoms with E-state index in [1.807, 2.05) is 0 Å². The SMILES string of the molecule is Nc1ccc(Cl)cc1NC(=O)C1CCC2CCCCC2C1. The number of fused-ring (bicyclic) bond motifs is 1. The molecule has 2 aliphatic rings. The number of hydrogen-bond donors (Lipinski definition) is 2. The van der Waals surface area contributed by atoms with Crippen LogP contribution in [0.5, 0.6) is 0 Å². The summed E-state index contributed by atoms with van der Waals surface area (Å²) in [6.07, 6.45) is 8.61. The number of benzene rings is 1. The van der Waals surface area contributed by atoms with Crippen LogP contribution in [0.15, 0.2) is 18.2 Å². The Morgan fingerprint density at radius 1 is 1.14 bits per heavy atom. The summed E-state index contributed by atoms with van der Waals surface area (Å²) in [5.41, 5.74) is 7.11. The number of carbonyl (C=O) groups is 1. The summed E-state index contributed by atoms with van der Waals surface area (Å²) in [6.45, 7) is 0. The molecular formula is C17H23ClN2O. The Morgan fingerprint density at radius 2 is 1.90 bits per heavy atom. The van der Waals surface area contributed by atoms with E-state index in [-0.39, 0.29) is 11.8 Å². The van der Waals surface area contributed by atoms with Gasteiger partial charge in [-0.3, -0.25) is 4.79 Å². The number of amides is 1. The molecule has 0 bridgehead atoms. The van der Waals surface area contributed by atoms with Crippen molar-refractivity contribution < 1.29 is 4.79 Å². The highest BCUT2D eigenvalue weighted by molar-refractivity contribution is 6.31. The lowest BCUT2D eigenvalue weighted by atomic mass is 9.67. The van der Waals surface area contributed by atoms with Crippen LogP contribution in [0.3, 0.4) is 0 Å². The van der Waals surface area contributed by atoms with Crippen molar-refractivity contribution in [2.75, 3.05) is 11.1 Å². The molecule has 114 valence electrons. The molecule has 0 aliphatic heterocycles. The topological polar surface area (TPSA) is 55.1 Å². The lowest BCUT2D eigenvalue weighted by Crippen LogP contribution is -2.34. The van der Waals surface area contributed by atoms with E-state index in [2.05, 4.69) is 5.32 Å². The summed E-state index contributed by atoms with van der Waals surface area (Å²) < 4.78 is 0. The van der Waals surface area contributed by atoms with Crippen molar-refractivity contribution in [2.45, 2.75) is 44.9 Å². The van der Waals surface area contributed by atoms with Gasteiger partial charge in [-0.25, -0.2) is 0 Å². The van der Waals surface area contributed by atoms with E-state index in [9.17, 15) is 4.79 Å². The Hall–Kier alpha value is -1.22. The van der Waals surface area contributed by atoms with Gasteiger partial charge in [0.2, 0.25) is 5.91 Å². The molecule has 0 heterocycles. The predicted octanol–water partition coefficient (Wildman–Crippen LogP) is 4.47. The third-order valence-electron chi connectivity index (χ3n) is 5.18. The highest BCUT2D eigenvalue weighted by Crippen LogP contribution is 2.43. The molecule has 0 aromatic heterocycles. The maximum atomic E-state index is 12.5. The predicted molar refractivity (Wildman–Crippen MR) is 87.3 cm³/mol. The summed E-state index contributed by atoms with van der Waals surface area (Å²) >= 11 is 5.97. The van der Waals surface area contributed by atoms with E-state index in [1.54, 1.807) is 18.2 Å². The van der Waals surface area contributed by atoms with Crippen molar-refractivity contribution in [3.05, 3.63) is 23.2 Å². The molecule has 3 unspecified atom stereocenters. The second-order valence-corrected chi connectivity index (χ2v) is 6.97. The van der Waals surface area contributed by atoms with E-state index < -0.39 is 0 Å². The van der Waals surface area contributed by atoms with Crippen LogP contribution in [0, 0.1) is 17.8 Å². The fourth-order valence-electron chi connectivity index (χ4n) is 3.98. The Labute approximate surface area is 131 Å². The van der Waals surface area contributed by atoms with Gasteiger partial charge in [-0.2, -0.15) is 0 Å². The average molecular weight is 307 g/mol. The van der Waals surface area contributed by atoms with E-state index >= 15 is 0 Å². The molecule has 0 radical (unpaired) electrons. The second-order valence-electron chi connectivity index (χ2n) is 6.54. The molecule has 2 fully saturated rings. The number of nitrogen functional groups attached to an aromatic ring is 1. The first-order valence-electron chi connectivity index (χ1n) is 7.99. The number of halogens is 1. The number of nitrogens with one attached hydrogen (secondary N) is 1. The molecule has 3 rings (SSSR count). The van der Waals surface area contributed by atoms with Gasteiger partial charge in [0.1, 0.15) is 0 Å². The molecule has 0 spiro atoms. The zero-order valence-electron chi connectivity index (χ0n) is 12.3. The Morgan fingerprint density at radius 3 is 2.71 bits per heavy atom. The van der Waals surface area contributed by atoms with Crippen molar-refractivity contribution in [3.8, 4) is 0 Å². The zero-order valence-corrected chi connectivity index (χ0v) is 13.0. The number of hydrogen-bond acceptors (Lipinski definition) is 2. The van der Waals surface area contributed by atoms with E-state index in [1.165, 1.54) is 32.1 Å². The minimum Gasteiger partial charge on any atom is -0.397 e. The summed E-state index contributed by atoms with van der Waals surface area (Å²) in [4.78, 5) is 12.5. The van der Waals surface area contributed by atoms with Gasteiger partial charge in [0.25, 0.3) is 0 Å². The number of anilines is 2. The summed E-state index contributed by atoms with van der Waals surface area (Å²) in [5.74, 6) is 1.84. The van der Waals surface area contributed by atoms with Crippen LogP contribution in [0.25, 0.3) is 0 Å². The lowest BCUT2D eigenvalue weighted by molar-refractivity contribution is -0.122. The van der Waals surface area contributed by atoms with Gasteiger partial charge >= 0.3 is 0 Å². The first kappa shape index (κ1) is 14.7. The maximum absolute atomic E-state index is 12.5. The molecule has 1 aromatic rings. The first-order valence-corrected chi connectivity index (χ1v) is 8.37. The summed E-state index contributed by atoms with van der Waals surface area (Å²) in [5, 5.41) is 3.56. The minimum atomic E-state index is 0.105. The first-order chi connectivity index (χ1) is 10.1. The molecular weight excluding hydrogens is 284 g/mol. The van der Waals surface area contributed by atoms with E-state index in [4.69, 9.17) is 17.3 Å². The molecule has 3 N–H and O–H groups in total. The van der Waals surface area contributed by atoms with Gasteiger partial charge in [0.15, 0.2) is 0 Å².